The van der Waals surface area contributed by atoms with Crippen LogP contribution in [-0.4, -0.2) is 60.7 Å². The normalized spacial score (nSPS) is 26.4. The van der Waals surface area contributed by atoms with Crippen LogP contribution in [0.4, 0.5) is 20.6 Å². The van der Waals surface area contributed by atoms with Gasteiger partial charge in [-0.25, -0.2) is 13.9 Å². The molecule has 1 amide bonds. The topological polar surface area (TPSA) is 96.5 Å². The summed E-state index contributed by atoms with van der Waals surface area (Å²) in [4.78, 5) is 15.8. The molecule has 5 rings (SSSR count). The second-order valence-corrected chi connectivity index (χ2v) is 14.5. The van der Waals surface area contributed by atoms with E-state index in [1.165, 1.54) is 11.0 Å². The molecule has 1 aliphatic carbocycles. The molecule has 11 heteroatoms. The second-order valence-electron chi connectivity index (χ2n) is 10.1. The highest BCUT2D eigenvalue weighted by molar-refractivity contribution is 6.69. The molecule has 34 heavy (non-hydrogen) atoms. The number of ether oxygens (including phenoxy) is 1. The van der Waals surface area contributed by atoms with Crippen LogP contribution in [0.3, 0.4) is 0 Å². The molecule has 3 atom stereocenters. The number of cyclic esters (lactones) is 1. The van der Waals surface area contributed by atoms with Crippen LogP contribution in [0.15, 0.2) is 42.2 Å². The van der Waals surface area contributed by atoms with E-state index in [9.17, 15) is 10.1 Å². The summed E-state index contributed by atoms with van der Waals surface area (Å²) in [7, 11) is -1.89. The molecule has 2 unspecified atom stereocenters. The Morgan fingerprint density at radius 1 is 1.35 bits per heavy atom. The monoisotopic (exact) mass is 482 g/mol. The predicted octanol–water partition coefficient (Wildman–Crippen LogP) is 3.32. The summed E-state index contributed by atoms with van der Waals surface area (Å²) >= 11 is 0. The van der Waals surface area contributed by atoms with Crippen molar-refractivity contribution in [1.29, 1.82) is 5.26 Å². The van der Waals surface area contributed by atoms with E-state index in [1.54, 1.807) is 29.2 Å². The summed E-state index contributed by atoms with van der Waals surface area (Å²) in [6.07, 6.45) is 4.92. The molecule has 0 spiro atoms. The first kappa shape index (κ1) is 22.6. The van der Waals surface area contributed by atoms with Crippen LogP contribution in [0, 0.1) is 23.1 Å². The van der Waals surface area contributed by atoms with E-state index in [4.69, 9.17) is 9.16 Å². The van der Waals surface area contributed by atoms with Crippen molar-refractivity contribution in [1.82, 2.24) is 15.0 Å². The Bertz CT molecular complexity index is 1170. The number of rotatable bonds is 6. The van der Waals surface area contributed by atoms with Crippen LogP contribution in [0.2, 0.25) is 19.6 Å². The quantitative estimate of drug-likeness (QED) is 0.460. The lowest BCUT2D eigenvalue weighted by atomic mass is 10.00. The number of fused-ring (bicyclic) bond motifs is 1. The smallest absolute Gasteiger partial charge is 0.414 e. The molecule has 0 radical (unpaired) electrons. The Kier molecular flexibility index (Phi) is 5.45. The van der Waals surface area contributed by atoms with Crippen molar-refractivity contribution in [3.63, 3.8) is 0 Å². The fraction of sp³-hybridized carbons (Fsp3) is 0.478. The molecule has 0 saturated carbocycles. The highest BCUT2D eigenvalue weighted by Gasteiger charge is 2.46. The first-order valence-electron chi connectivity index (χ1n) is 11.3. The molecular weight excluding hydrogens is 455 g/mol. The lowest BCUT2D eigenvalue weighted by molar-refractivity contribution is 0.129. The number of amides is 1. The zero-order chi connectivity index (χ0) is 24.1. The standard InChI is InChI=1S/C23H27FN6O3Si/c1-34(2,3)33-23(15-25)9-16-11-28(12-17(16)10-23)21-5-4-18(8-20(21)24)30-14-19(32-22(30)31)13-29-7-6-26-27-29/h4-9,17,19H,10-14H2,1-3H3/t17?,19-,23?/m0/s1. The SMILES string of the molecule is C[Si](C)(C)OC1(C#N)C=C2CN(c3ccc(N4C[C@H](Cn5ccnn5)OC4=O)cc3F)CC2C1. The van der Waals surface area contributed by atoms with Gasteiger partial charge >= 0.3 is 6.09 Å². The molecule has 3 aliphatic rings. The number of carbonyl (C=O) groups excluding carboxylic acids is 1. The van der Waals surface area contributed by atoms with E-state index >= 15 is 4.39 Å². The van der Waals surface area contributed by atoms with Gasteiger partial charge in [0.2, 0.25) is 0 Å². The van der Waals surface area contributed by atoms with E-state index in [-0.39, 0.29) is 12.0 Å². The van der Waals surface area contributed by atoms with Crippen LogP contribution >= 0.6 is 0 Å². The molecule has 3 heterocycles. The van der Waals surface area contributed by atoms with Gasteiger partial charge in [0.05, 0.1) is 30.7 Å². The van der Waals surface area contributed by atoms with E-state index in [0.717, 1.165) is 5.57 Å². The van der Waals surface area contributed by atoms with Gasteiger partial charge in [-0.05, 0) is 49.5 Å². The maximum Gasteiger partial charge on any atom is 0.414 e. The summed E-state index contributed by atoms with van der Waals surface area (Å²) in [5.41, 5.74) is 1.21. The summed E-state index contributed by atoms with van der Waals surface area (Å²) in [5, 5.41) is 17.4. The van der Waals surface area contributed by atoms with E-state index in [2.05, 4.69) is 36.0 Å². The number of aromatic nitrogens is 3. The molecule has 0 N–H and O–H groups in total. The summed E-state index contributed by atoms with van der Waals surface area (Å²) < 4.78 is 28.4. The van der Waals surface area contributed by atoms with Gasteiger partial charge in [0.1, 0.15) is 18.0 Å². The number of benzene rings is 1. The van der Waals surface area contributed by atoms with E-state index in [1.807, 2.05) is 11.0 Å². The number of nitriles is 1. The maximum absolute atomic E-state index is 15.2. The lowest BCUT2D eigenvalue weighted by Crippen LogP contribution is -2.40. The zero-order valence-corrected chi connectivity index (χ0v) is 20.4. The molecule has 2 saturated heterocycles. The van der Waals surface area contributed by atoms with Crippen LogP contribution in [0.1, 0.15) is 6.42 Å². The van der Waals surface area contributed by atoms with Crippen molar-refractivity contribution < 1.29 is 18.3 Å². The number of hydrogen-bond acceptors (Lipinski definition) is 7. The van der Waals surface area contributed by atoms with Crippen molar-refractivity contribution in [3.05, 3.63) is 48.1 Å². The van der Waals surface area contributed by atoms with Gasteiger partial charge in [-0.15, -0.1) is 5.10 Å². The Morgan fingerprint density at radius 2 is 2.18 bits per heavy atom. The third-order valence-electron chi connectivity index (χ3n) is 6.30. The van der Waals surface area contributed by atoms with Gasteiger partial charge in [0, 0.05) is 31.6 Å². The number of halogens is 1. The van der Waals surface area contributed by atoms with Gasteiger partial charge in [0.25, 0.3) is 0 Å². The molecule has 2 fully saturated rings. The molecule has 1 aromatic carbocycles. The van der Waals surface area contributed by atoms with Crippen molar-refractivity contribution in [3.8, 4) is 6.07 Å². The maximum atomic E-state index is 15.2. The molecule has 2 aliphatic heterocycles. The molecule has 178 valence electrons. The van der Waals surface area contributed by atoms with Gasteiger partial charge in [0.15, 0.2) is 13.9 Å². The highest BCUT2D eigenvalue weighted by atomic mass is 28.4. The van der Waals surface area contributed by atoms with Crippen LogP contribution in [0.5, 0.6) is 0 Å². The third-order valence-corrected chi connectivity index (χ3v) is 7.28. The summed E-state index contributed by atoms with van der Waals surface area (Å²) in [6, 6.07) is 7.21. The predicted molar refractivity (Wildman–Crippen MR) is 125 cm³/mol. The molecular formula is C23H27FN6O3Si. The van der Waals surface area contributed by atoms with Crippen LogP contribution in [0.25, 0.3) is 0 Å². The zero-order valence-electron chi connectivity index (χ0n) is 19.4. The van der Waals surface area contributed by atoms with Crippen molar-refractivity contribution in [2.45, 2.75) is 44.3 Å². The van der Waals surface area contributed by atoms with Gasteiger partial charge < -0.3 is 14.1 Å². The van der Waals surface area contributed by atoms with Crippen LogP contribution in [-0.2, 0) is 15.7 Å². The molecule has 1 aromatic heterocycles. The molecule has 0 bridgehead atoms. The fourth-order valence-electron chi connectivity index (χ4n) is 5.07. The Labute approximate surface area is 198 Å². The number of nitrogens with zero attached hydrogens (tertiary/aromatic N) is 6. The third kappa shape index (κ3) is 4.31. The summed E-state index contributed by atoms with van der Waals surface area (Å²) in [6.45, 7) is 8.12. The minimum absolute atomic E-state index is 0.168. The Morgan fingerprint density at radius 3 is 2.82 bits per heavy atom. The largest absolute Gasteiger partial charge is 0.442 e. The molecule has 9 nitrogen and oxygen atoms in total. The average molecular weight is 483 g/mol. The average Bonchev–Trinajstić information content (AvgIpc) is 3.52. The minimum Gasteiger partial charge on any atom is -0.442 e. The van der Waals surface area contributed by atoms with Gasteiger partial charge in [-0.1, -0.05) is 5.21 Å². The number of anilines is 2. The van der Waals surface area contributed by atoms with E-state index < -0.39 is 25.8 Å². The number of hydrogen-bond donors (Lipinski definition) is 0. The van der Waals surface area contributed by atoms with Gasteiger partial charge in [-0.3, -0.25) is 4.90 Å². The van der Waals surface area contributed by atoms with Crippen LogP contribution < -0.4 is 9.80 Å². The number of carbonyl (C=O) groups is 1. The van der Waals surface area contributed by atoms with Gasteiger partial charge in [-0.2, -0.15) is 5.26 Å². The fourth-order valence-corrected chi connectivity index (χ4v) is 6.35. The van der Waals surface area contributed by atoms with E-state index in [0.29, 0.717) is 44.0 Å². The van der Waals surface area contributed by atoms with Crippen molar-refractivity contribution >= 4 is 25.8 Å². The second kappa shape index (κ2) is 8.21. The lowest BCUT2D eigenvalue weighted by Gasteiger charge is -2.30. The van der Waals surface area contributed by atoms with Crippen molar-refractivity contribution in [2.75, 3.05) is 29.4 Å². The Balaban J connectivity index is 1.28. The summed E-state index contributed by atoms with van der Waals surface area (Å²) in [5.74, 6) is -0.225. The minimum atomic E-state index is -1.89. The van der Waals surface area contributed by atoms with Crippen molar-refractivity contribution in [2.24, 2.45) is 5.92 Å². The first-order valence-corrected chi connectivity index (χ1v) is 14.8. The first-order chi connectivity index (χ1) is 16.1. The molecule has 2 aromatic rings. The Hall–Kier alpha value is -3.23. The highest BCUT2D eigenvalue weighted by Crippen LogP contribution is 2.43.